The molecule has 0 spiro atoms. The summed E-state index contributed by atoms with van der Waals surface area (Å²) in [5, 5.41) is 13.0. The van der Waals surface area contributed by atoms with Crippen LogP contribution >= 0.6 is 0 Å². The Bertz CT molecular complexity index is 756. The molecule has 2 aromatic carbocycles. The number of nitrogens with zero attached hydrogens (tertiary/aromatic N) is 2. The molecule has 6 nitrogen and oxygen atoms in total. The zero-order valence-electron chi connectivity index (χ0n) is 16.4. The Labute approximate surface area is 166 Å². The molecular formula is C22H29N3O3. The Morgan fingerprint density at radius 1 is 1.04 bits per heavy atom. The fourth-order valence-electron chi connectivity index (χ4n) is 3.24. The van der Waals surface area contributed by atoms with E-state index in [0.29, 0.717) is 26.2 Å². The van der Waals surface area contributed by atoms with Crippen LogP contribution in [0.4, 0.5) is 10.5 Å². The van der Waals surface area contributed by atoms with Gasteiger partial charge in [-0.15, -0.1) is 0 Å². The highest BCUT2D eigenvalue weighted by molar-refractivity contribution is 5.74. The number of amides is 2. The monoisotopic (exact) mass is 383 g/mol. The molecule has 2 aromatic rings. The number of anilines is 1. The molecule has 2 N–H and O–H groups in total. The van der Waals surface area contributed by atoms with Gasteiger partial charge in [0.25, 0.3) is 0 Å². The average Bonchev–Trinajstić information content (AvgIpc) is 2.72. The molecule has 0 unspecified atom stereocenters. The number of hydrogen-bond donors (Lipinski definition) is 2. The molecule has 6 heteroatoms. The van der Waals surface area contributed by atoms with Crippen LogP contribution in [-0.4, -0.2) is 55.4 Å². The number of carbonyl (C=O) groups excluding carboxylic acids is 1. The van der Waals surface area contributed by atoms with Gasteiger partial charge in [0.05, 0.1) is 12.3 Å². The van der Waals surface area contributed by atoms with E-state index in [0.717, 1.165) is 37.4 Å². The second kappa shape index (κ2) is 9.88. The number of phenolic OH excluding ortho intramolecular Hbond substituents is 1. The highest BCUT2D eigenvalue weighted by Gasteiger charge is 2.22. The van der Waals surface area contributed by atoms with Crippen molar-refractivity contribution >= 4 is 11.7 Å². The number of rotatable bonds is 7. The van der Waals surface area contributed by atoms with Crippen LogP contribution in [0.2, 0.25) is 0 Å². The molecule has 1 heterocycles. The maximum absolute atomic E-state index is 12.3. The molecule has 3 rings (SSSR count). The van der Waals surface area contributed by atoms with Gasteiger partial charge in [0.1, 0.15) is 11.5 Å². The summed E-state index contributed by atoms with van der Waals surface area (Å²) >= 11 is 0. The fraction of sp³-hybridized carbons (Fsp3) is 0.409. The molecule has 28 heavy (non-hydrogen) atoms. The summed E-state index contributed by atoms with van der Waals surface area (Å²) in [6, 6.07) is 15.3. The molecular weight excluding hydrogens is 354 g/mol. The molecule has 1 fully saturated rings. The Hall–Kier alpha value is -2.89. The molecule has 1 saturated heterocycles. The van der Waals surface area contributed by atoms with Gasteiger partial charge >= 0.3 is 6.03 Å². The molecule has 0 atom stereocenters. The summed E-state index contributed by atoms with van der Waals surface area (Å²) in [5.74, 6) is 1.17. The lowest BCUT2D eigenvalue weighted by Crippen LogP contribution is -2.52. The van der Waals surface area contributed by atoms with Crippen molar-refractivity contribution in [1.82, 2.24) is 10.2 Å². The minimum absolute atomic E-state index is 0.0172. The number of unbranched alkanes of at least 4 members (excludes halogenated alkanes) is 1. The molecule has 0 radical (unpaired) electrons. The second-order valence-corrected chi connectivity index (χ2v) is 7.06. The molecule has 0 aliphatic carbocycles. The number of phenols is 1. The topological polar surface area (TPSA) is 65.0 Å². The van der Waals surface area contributed by atoms with Gasteiger partial charge in [-0.2, -0.15) is 0 Å². The first-order chi connectivity index (χ1) is 13.6. The lowest BCUT2D eigenvalue weighted by atomic mass is 10.2. The van der Waals surface area contributed by atoms with Crippen LogP contribution in [0.1, 0.15) is 18.4 Å². The SMILES string of the molecule is Cc1ccc(OCCCCNC(=O)N2CCN(c3ccccc3O)CC2)cc1. The van der Waals surface area contributed by atoms with Gasteiger partial charge in [0, 0.05) is 32.7 Å². The smallest absolute Gasteiger partial charge is 0.317 e. The third-order valence-electron chi connectivity index (χ3n) is 4.93. The number of ether oxygens (including phenoxy) is 1. The molecule has 2 amide bonds. The lowest BCUT2D eigenvalue weighted by molar-refractivity contribution is 0.193. The number of urea groups is 1. The van der Waals surface area contributed by atoms with E-state index in [4.69, 9.17) is 4.74 Å². The number of carbonyl (C=O) groups is 1. The number of nitrogens with one attached hydrogen (secondary N) is 1. The molecule has 0 aromatic heterocycles. The van der Waals surface area contributed by atoms with Gasteiger partial charge in [0.15, 0.2) is 0 Å². The summed E-state index contributed by atoms with van der Waals surface area (Å²) in [4.78, 5) is 16.3. The average molecular weight is 383 g/mol. The van der Waals surface area contributed by atoms with Crippen molar-refractivity contribution in [1.29, 1.82) is 0 Å². The normalized spacial score (nSPS) is 14.0. The third-order valence-corrected chi connectivity index (χ3v) is 4.93. The Morgan fingerprint density at radius 2 is 1.75 bits per heavy atom. The zero-order chi connectivity index (χ0) is 19.8. The maximum atomic E-state index is 12.3. The van der Waals surface area contributed by atoms with Gasteiger partial charge in [-0.05, 0) is 44.0 Å². The van der Waals surface area contributed by atoms with E-state index in [2.05, 4.69) is 17.1 Å². The second-order valence-electron chi connectivity index (χ2n) is 7.06. The standard InChI is InChI=1S/C22H29N3O3/c1-18-8-10-19(11-9-18)28-17-5-4-12-23-22(27)25-15-13-24(14-16-25)20-6-2-3-7-21(20)26/h2-3,6-11,26H,4-5,12-17H2,1H3,(H,23,27). The highest BCUT2D eigenvalue weighted by Crippen LogP contribution is 2.27. The van der Waals surface area contributed by atoms with Crippen LogP contribution in [0, 0.1) is 6.92 Å². The van der Waals surface area contributed by atoms with Gasteiger partial charge in [-0.25, -0.2) is 4.79 Å². The largest absolute Gasteiger partial charge is 0.506 e. The van der Waals surface area contributed by atoms with Crippen molar-refractivity contribution in [2.45, 2.75) is 19.8 Å². The minimum atomic E-state index is -0.0172. The number of hydrogen-bond acceptors (Lipinski definition) is 4. The van der Waals surface area contributed by atoms with Crippen molar-refractivity contribution in [2.75, 3.05) is 44.2 Å². The fourth-order valence-corrected chi connectivity index (χ4v) is 3.24. The van der Waals surface area contributed by atoms with Crippen LogP contribution in [0.25, 0.3) is 0 Å². The van der Waals surface area contributed by atoms with Crippen molar-refractivity contribution in [2.24, 2.45) is 0 Å². The number of piperazine rings is 1. The van der Waals surface area contributed by atoms with E-state index in [1.807, 2.05) is 47.4 Å². The van der Waals surface area contributed by atoms with Crippen molar-refractivity contribution in [3.05, 3.63) is 54.1 Å². The van der Waals surface area contributed by atoms with Crippen LogP contribution < -0.4 is 15.0 Å². The molecule has 1 aliphatic rings. The molecule has 0 bridgehead atoms. The van der Waals surface area contributed by atoms with Gasteiger partial charge in [-0.1, -0.05) is 29.8 Å². The van der Waals surface area contributed by atoms with E-state index in [1.165, 1.54) is 5.56 Å². The quantitative estimate of drug-likeness (QED) is 0.720. The van der Waals surface area contributed by atoms with E-state index in [-0.39, 0.29) is 11.8 Å². The first kappa shape index (κ1) is 19.9. The van der Waals surface area contributed by atoms with E-state index in [1.54, 1.807) is 6.07 Å². The Kier molecular flexibility index (Phi) is 7.00. The van der Waals surface area contributed by atoms with Crippen LogP contribution in [0.15, 0.2) is 48.5 Å². The number of para-hydroxylation sites is 2. The third kappa shape index (κ3) is 5.55. The van der Waals surface area contributed by atoms with Gasteiger partial charge < -0.3 is 25.0 Å². The molecule has 1 aliphatic heterocycles. The highest BCUT2D eigenvalue weighted by atomic mass is 16.5. The number of aromatic hydroxyl groups is 1. The molecule has 0 saturated carbocycles. The summed E-state index contributed by atoms with van der Waals surface area (Å²) in [5.41, 5.74) is 2.05. The Morgan fingerprint density at radius 3 is 2.46 bits per heavy atom. The minimum Gasteiger partial charge on any atom is -0.506 e. The summed E-state index contributed by atoms with van der Waals surface area (Å²) < 4.78 is 5.70. The molecule has 150 valence electrons. The zero-order valence-corrected chi connectivity index (χ0v) is 16.4. The number of aryl methyl sites for hydroxylation is 1. The predicted octanol–water partition coefficient (Wildman–Crippen LogP) is 3.39. The van der Waals surface area contributed by atoms with Crippen molar-refractivity contribution < 1.29 is 14.6 Å². The lowest BCUT2D eigenvalue weighted by Gasteiger charge is -2.36. The number of benzene rings is 2. The van der Waals surface area contributed by atoms with Crippen molar-refractivity contribution in [3.8, 4) is 11.5 Å². The van der Waals surface area contributed by atoms with E-state index < -0.39 is 0 Å². The summed E-state index contributed by atoms with van der Waals surface area (Å²) in [7, 11) is 0. The van der Waals surface area contributed by atoms with Crippen LogP contribution in [-0.2, 0) is 0 Å². The van der Waals surface area contributed by atoms with Crippen LogP contribution in [0.3, 0.4) is 0 Å². The first-order valence-electron chi connectivity index (χ1n) is 9.88. The maximum Gasteiger partial charge on any atom is 0.317 e. The van der Waals surface area contributed by atoms with Gasteiger partial charge in [0.2, 0.25) is 0 Å². The van der Waals surface area contributed by atoms with E-state index in [9.17, 15) is 9.90 Å². The summed E-state index contributed by atoms with van der Waals surface area (Å²) in [6.45, 7) is 6.09. The summed E-state index contributed by atoms with van der Waals surface area (Å²) in [6.07, 6.45) is 1.78. The first-order valence-corrected chi connectivity index (χ1v) is 9.88. The van der Waals surface area contributed by atoms with Crippen LogP contribution in [0.5, 0.6) is 11.5 Å². The van der Waals surface area contributed by atoms with Crippen molar-refractivity contribution in [3.63, 3.8) is 0 Å². The van der Waals surface area contributed by atoms with Gasteiger partial charge in [-0.3, -0.25) is 0 Å². The predicted molar refractivity (Wildman–Crippen MR) is 111 cm³/mol. The Balaban J connectivity index is 1.29. The van der Waals surface area contributed by atoms with E-state index >= 15 is 0 Å².